The summed E-state index contributed by atoms with van der Waals surface area (Å²) in [7, 11) is 0. The molecule has 4 nitrogen and oxygen atoms in total. The van der Waals surface area contributed by atoms with Crippen LogP contribution in [0.5, 0.6) is 0 Å². The van der Waals surface area contributed by atoms with Gasteiger partial charge in [-0.1, -0.05) is 24.3 Å². The number of rotatable bonds is 7. The SMILES string of the molecule is O=C1NCCN1C1CCN(CCCC(c2ccc(F)cc2)c2ccc(F)cc2)CC1. The Morgan fingerprint density at radius 1 is 0.900 bits per heavy atom. The Hall–Kier alpha value is -2.47. The molecule has 1 N–H and O–H groups in total. The van der Waals surface area contributed by atoms with E-state index in [9.17, 15) is 13.6 Å². The van der Waals surface area contributed by atoms with E-state index in [-0.39, 0.29) is 23.6 Å². The van der Waals surface area contributed by atoms with E-state index in [1.54, 1.807) is 0 Å². The zero-order valence-corrected chi connectivity index (χ0v) is 17.2. The molecule has 0 aliphatic carbocycles. The molecule has 0 aromatic heterocycles. The minimum Gasteiger partial charge on any atom is -0.336 e. The summed E-state index contributed by atoms with van der Waals surface area (Å²) < 4.78 is 26.8. The Balaban J connectivity index is 1.32. The van der Waals surface area contributed by atoms with Gasteiger partial charge in [0.1, 0.15) is 11.6 Å². The third kappa shape index (κ3) is 4.98. The van der Waals surface area contributed by atoms with Gasteiger partial charge >= 0.3 is 6.03 Å². The number of hydrogen-bond donors (Lipinski definition) is 1. The number of urea groups is 1. The Kier molecular flexibility index (Phi) is 6.62. The van der Waals surface area contributed by atoms with Crippen LogP contribution in [-0.4, -0.2) is 54.6 Å². The fourth-order valence-corrected chi connectivity index (χ4v) is 4.72. The van der Waals surface area contributed by atoms with Crippen LogP contribution in [-0.2, 0) is 0 Å². The number of amides is 2. The molecule has 2 amide bonds. The largest absolute Gasteiger partial charge is 0.336 e. The topological polar surface area (TPSA) is 35.6 Å². The lowest BCUT2D eigenvalue weighted by atomic mass is 9.87. The average molecular weight is 414 g/mol. The molecule has 2 aliphatic rings. The molecule has 4 rings (SSSR count). The van der Waals surface area contributed by atoms with Crippen molar-refractivity contribution in [2.45, 2.75) is 37.6 Å². The second kappa shape index (κ2) is 9.56. The molecule has 0 unspecified atom stereocenters. The summed E-state index contributed by atoms with van der Waals surface area (Å²) >= 11 is 0. The number of nitrogens with one attached hydrogen (secondary N) is 1. The molecule has 160 valence electrons. The number of halogens is 2. The number of nitrogens with zero attached hydrogens (tertiary/aromatic N) is 2. The van der Waals surface area contributed by atoms with E-state index in [0.717, 1.165) is 69.5 Å². The van der Waals surface area contributed by atoms with E-state index < -0.39 is 0 Å². The number of carbonyl (C=O) groups is 1. The van der Waals surface area contributed by atoms with Crippen molar-refractivity contribution >= 4 is 6.03 Å². The third-order valence-electron chi connectivity index (χ3n) is 6.40. The Bertz CT molecular complexity index is 787. The normalized spacial score (nSPS) is 18.2. The van der Waals surface area contributed by atoms with Crippen molar-refractivity contribution in [2.24, 2.45) is 0 Å². The van der Waals surface area contributed by atoms with Crippen LogP contribution in [0, 0.1) is 11.6 Å². The standard InChI is InChI=1S/C24H29F2N3O/c25-20-7-3-18(4-8-20)23(19-5-9-21(26)10-6-19)2-1-14-28-15-11-22(12-16-28)29-17-13-27-24(29)30/h3-10,22-23H,1-2,11-17H2,(H,27,30). The van der Waals surface area contributed by atoms with Gasteiger partial charge in [0, 0.05) is 38.1 Å². The third-order valence-corrected chi connectivity index (χ3v) is 6.40. The van der Waals surface area contributed by atoms with Gasteiger partial charge in [-0.05, 0) is 67.6 Å². The van der Waals surface area contributed by atoms with Gasteiger partial charge in [-0.25, -0.2) is 13.6 Å². The van der Waals surface area contributed by atoms with Gasteiger partial charge in [-0.3, -0.25) is 0 Å². The molecule has 6 heteroatoms. The molecule has 30 heavy (non-hydrogen) atoms. The highest BCUT2D eigenvalue weighted by molar-refractivity contribution is 5.76. The first-order chi connectivity index (χ1) is 14.6. The van der Waals surface area contributed by atoms with Crippen LogP contribution in [0.3, 0.4) is 0 Å². The van der Waals surface area contributed by atoms with E-state index in [4.69, 9.17) is 0 Å². The Labute approximate surface area is 176 Å². The molecule has 2 fully saturated rings. The van der Waals surface area contributed by atoms with Gasteiger partial charge < -0.3 is 15.1 Å². The fourth-order valence-electron chi connectivity index (χ4n) is 4.72. The van der Waals surface area contributed by atoms with Crippen LogP contribution in [0.4, 0.5) is 13.6 Å². The van der Waals surface area contributed by atoms with E-state index in [0.29, 0.717) is 6.04 Å². The van der Waals surface area contributed by atoms with Crippen molar-refractivity contribution in [3.8, 4) is 0 Å². The molecule has 0 atom stereocenters. The molecule has 0 saturated carbocycles. The zero-order valence-electron chi connectivity index (χ0n) is 17.2. The van der Waals surface area contributed by atoms with Crippen LogP contribution in [0.15, 0.2) is 48.5 Å². The molecule has 2 heterocycles. The van der Waals surface area contributed by atoms with Crippen molar-refractivity contribution in [3.05, 3.63) is 71.3 Å². The van der Waals surface area contributed by atoms with E-state index >= 15 is 0 Å². The van der Waals surface area contributed by atoms with Crippen LogP contribution < -0.4 is 5.32 Å². The smallest absolute Gasteiger partial charge is 0.317 e. The van der Waals surface area contributed by atoms with Gasteiger partial charge in [0.2, 0.25) is 0 Å². The average Bonchev–Trinajstić information content (AvgIpc) is 3.19. The maximum atomic E-state index is 13.4. The molecular weight excluding hydrogens is 384 g/mol. The van der Waals surface area contributed by atoms with Gasteiger partial charge in [-0.2, -0.15) is 0 Å². The summed E-state index contributed by atoms with van der Waals surface area (Å²) in [6, 6.07) is 13.7. The van der Waals surface area contributed by atoms with Crippen molar-refractivity contribution in [1.29, 1.82) is 0 Å². The number of hydrogen-bond acceptors (Lipinski definition) is 2. The summed E-state index contributed by atoms with van der Waals surface area (Å²) in [5, 5.41) is 2.89. The summed E-state index contributed by atoms with van der Waals surface area (Å²) in [5.74, 6) is -0.366. The van der Waals surface area contributed by atoms with Crippen LogP contribution >= 0.6 is 0 Å². The first-order valence-corrected chi connectivity index (χ1v) is 10.9. The highest BCUT2D eigenvalue weighted by Gasteiger charge is 2.30. The van der Waals surface area contributed by atoms with E-state index in [2.05, 4.69) is 10.2 Å². The number of carbonyl (C=O) groups excluding carboxylic acids is 1. The second-order valence-electron chi connectivity index (χ2n) is 8.30. The highest BCUT2D eigenvalue weighted by atomic mass is 19.1. The number of likely N-dealkylation sites (tertiary alicyclic amines) is 1. The molecule has 2 saturated heterocycles. The lowest BCUT2D eigenvalue weighted by Gasteiger charge is -2.36. The first kappa shape index (κ1) is 20.8. The first-order valence-electron chi connectivity index (χ1n) is 10.9. The van der Waals surface area contributed by atoms with Gasteiger partial charge in [0.25, 0.3) is 0 Å². The second-order valence-corrected chi connectivity index (χ2v) is 8.30. The minimum atomic E-state index is -0.244. The maximum absolute atomic E-state index is 13.4. The maximum Gasteiger partial charge on any atom is 0.317 e. The minimum absolute atomic E-state index is 0.0786. The molecule has 0 spiro atoms. The van der Waals surface area contributed by atoms with Crippen molar-refractivity contribution in [1.82, 2.24) is 15.1 Å². The predicted molar refractivity (Wildman–Crippen MR) is 113 cm³/mol. The number of benzene rings is 2. The van der Waals surface area contributed by atoms with Crippen molar-refractivity contribution in [2.75, 3.05) is 32.7 Å². The van der Waals surface area contributed by atoms with Crippen LogP contribution in [0.1, 0.15) is 42.7 Å². The van der Waals surface area contributed by atoms with Crippen molar-refractivity contribution < 1.29 is 13.6 Å². The quantitative estimate of drug-likeness (QED) is 0.732. The summed E-state index contributed by atoms with van der Waals surface area (Å²) in [6.07, 6.45) is 3.97. The summed E-state index contributed by atoms with van der Waals surface area (Å²) in [6.45, 7) is 4.59. The molecule has 2 aliphatic heterocycles. The molecule has 2 aromatic carbocycles. The number of piperidine rings is 1. The van der Waals surface area contributed by atoms with Crippen molar-refractivity contribution in [3.63, 3.8) is 0 Å². The lowest BCUT2D eigenvalue weighted by molar-refractivity contribution is 0.134. The monoisotopic (exact) mass is 413 g/mol. The molecular formula is C24H29F2N3O. The fraction of sp³-hybridized carbons (Fsp3) is 0.458. The van der Waals surface area contributed by atoms with Gasteiger partial charge in [0.05, 0.1) is 0 Å². The predicted octanol–water partition coefficient (Wildman–Crippen LogP) is 4.37. The van der Waals surface area contributed by atoms with Gasteiger partial charge in [0.15, 0.2) is 0 Å². The van der Waals surface area contributed by atoms with Gasteiger partial charge in [-0.15, -0.1) is 0 Å². The molecule has 0 radical (unpaired) electrons. The lowest BCUT2D eigenvalue weighted by Crippen LogP contribution is -2.46. The van der Waals surface area contributed by atoms with Crippen LogP contribution in [0.2, 0.25) is 0 Å². The highest BCUT2D eigenvalue weighted by Crippen LogP contribution is 2.30. The Morgan fingerprint density at radius 3 is 1.97 bits per heavy atom. The molecule has 2 aromatic rings. The van der Waals surface area contributed by atoms with E-state index in [1.807, 2.05) is 29.2 Å². The summed E-state index contributed by atoms with van der Waals surface area (Å²) in [5.41, 5.74) is 2.11. The zero-order chi connectivity index (χ0) is 20.9. The Morgan fingerprint density at radius 2 is 1.47 bits per heavy atom. The van der Waals surface area contributed by atoms with E-state index in [1.165, 1.54) is 24.3 Å². The summed E-state index contributed by atoms with van der Waals surface area (Å²) in [4.78, 5) is 16.3. The molecule has 0 bridgehead atoms. The van der Waals surface area contributed by atoms with Crippen LogP contribution in [0.25, 0.3) is 0 Å².